The Balaban J connectivity index is 1.49. The molecule has 3 aromatic rings. The first-order chi connectivity index (χ1) is 17.7. The van der Waals surface area contributed by atoms with E-state index >= 15 is 0 Å². The van der Waals surface area contributed by atoms with Crippen molar-refractivity contribution in [3.05, 3.63) is 108 Å². The molecule has 6 nitrogen and oxygen atoms in total. The molecular weight excluding hydrogens is 454 g/mol. The van der Waals surface area contributed by atoms with Crippen molar-refractivity contribution in [1.82, 2.24) is 0 Å². The van der Waals surface area contributed by atoms with Gasteiger partial charge < -0.3 is 23.7 Å². The van der Waals surface area contributed by atoms with Crippen LogP contribution in [0.2, 0.25) is 0 Å². The maximum atomic E-state index is 6.45. The van der Waals surface area contributed by atoms with Crippen LogP contribution in [0.1, 0.15) is 23.1 Å². The maximum Gasteiger partial charge on any atom is 0.325 e. The van der Waals surface area contributed by atoms with Gasteiger partial charge >= 0.3 is 6.40 Å². The number of hydrogen-bond acceptors (Lipinski definition) is 5. The van der Waals surface area contributed by atoms with Gasteiger partial charge in [-0.1, -0.05) is 91.0 Å². The minimum absolute atomic E-state index is 0.228. The normalized spacial score (nSPS) is 21.6. The molecular formula is C30H36NO5+. The molecule has 6 heteroatoms. The Kier molecular flexibility index (Phi) is 10.1. The highest BCUT2D eigenvalue weighted by atomic mass is 16.7. The lowest BCUT2D eigenvalue weighted by atomic mass is 10.0. The van der Waals surface area contributed by atoms with Crippen molar-refractivity contribution in [1.29, 1.82) is 0 Å². The van der Waals surface area contributed by atoms with Gasteiger partial charge in [0.05, 0.1) is 32.5 Å². The lowest BCUT2D eigenvalue weighted by molar-refractivity contribution is -0.471. The van der Waals surface area contributed by atoms with E-state index in [1.54, 1.807) is 6.40 Å². The van der Waals surface area contributed by atoms with Crippen LogP contribution in [-0.4, -0.2) is 56.3 Å². The minimum atomic E-state index is -0.463. The van der Waals surface area contributed by atoms with Gasteiger partial charge in [-0.2, -0.15) is 0 Å². The van der Waals surface area contributed by atoms with Crippen LogP contribution in [0.15, 0.2) is 91.0 Å². The van der Waals surface area contributed by atoms with Gasteiger partial charge in [-0.05, 0) is 16.7 Å². The van der Waals surface area contributed by atoms with Gasteiger partial charge in [0.25, 0.3) is 0 Å². The van der Waals surface area contributed by atoms with Crippen molar-refractivity contribution >= 4 is 6.40 Å². The Hall–Kier alpha value is -3.03. The van der Waals surface area contributed by atoms with Gasteiger partial charge in [0.15, 0.2) is 0 Å². The zero-order chi connectivity index (χ0) is 25.0. The summed E-state index contributed by atoms with van der Waals surface area (Å²) < 4.78 is 33.1. The number of hydrogen-bond donors (Lipinski definition) is 0. The quantitative estimate of drug-likeness (QED) is 0.207. The Morgan fingerprint density at radius 3 is 1.83 bits per heavy atom. The standard InChI is InChI=1S/C30H36NO5/c1-31(2)23-35-29-18-27(33-20-25-14-8-4-9-15-25)30(34-21-26-16-10-5-11-17-26)28(36-29)22-32-19-24-12-6-3-7-13-24/h3-17,23,27-30H,18-22H2,1-2H3/q+1/t27-,28-,29+,30+/m1/s1. The van der Waals surface area contributed by atoms with E-state index in [9.17, 15) is 0 Å². The highest BCUT2D eigenvalue weighted by Gasteiger charge is 2.41. The Bertz CT molecular complexity index is 1040. The second-order valence-electron chi connectivity index (χ2n) is 9.14. The third-order valence-electron chi connectivity index (χ3n) is 5.89. The molecule has 190 valence electrons. The Labute approximate surface area is 214 Å². The Morgan fingerprint density at radius 1 is 0.750 bits per heavy atom. The van der Waals surface area contributed by atoms with E-state index in [4.69, 9.17) is 23.7 Å². The fourth-order valence-electron chi connectivity index (χ4n) is 4.09. The predicted molar refractivity (Wildman–Crippen MR) is 139 cm³/mol. The van der Waals surface area contributed by atoms with Crippen molar-refractivity contribution in [2.75, 3.05) is 20.7 Å². The summed E-state index contributed by atoms with van der Waals surface area (Å²) in [5, 5.41) is 0. The van der Waals surface area contributed by atoms with Gasteiger partial charge in [-0.15, -0.1) is 0 Å². The molecule has 0 amide bonds. The first-order valence-corrected chi connectivity index (χ1v) is 12.4. The van der Waals surface area contributed by atoms with E-state index in [0.717, 1.165) is 16.7 Å². The van der Waals surface area contributed by atoms with Crippen molar-refractivity contribution in [2.24, 2.45) is 0 Å². The number of ether oxygens (including phenoxy) is 5. The van der Waals surface area contributed by atoms with Gasteiger partial charge in [-0.25, -0.2) is 4.58 Å². The number of nitrogens with zero attached hydrogens (tertiary/aromatic N) is 1. The van der Waals surface area contributed by atoms with E-state index in [1.165, 1.54) is 0 Å². The minimum Gasteiger partial charge on any atom is -0.420 e. The van der Waals surface area contributed by atoms with E-state index in [2.05, 4.69) is 36.4 Å². The molecule has 1 heterocycles. The molecule has 4 atom stereocenters. The summed E-state index contributed by atoms with van der Waals surface area (Å²) in [7, 11) is 3.83. The molecule has 1 fully saturated rings. The van der Waals surface area contributed by atoms with Crippen LogP contribution in [0.4, 0.5) is 0 Å². The van der Waals surface area contributed by atoms with Crippen molar-refractivity contribution in [3.8, 4) is 0 Å². The van der Waals surface area contributed by atoms with Crippen molar-refractivity contribution in [3.63, 3.8) is 0 Å². The van der Waals surface area contributed by atoms with Crippen LogP contribution in [0.25, 0.3) is 0 Å². The van der Waals surface area contributed by atoms with E-state index in [1.807, 2.05) is 73.3 Å². The maximum absolute atomic E-state index is 6.45. The molecule has 0 radical (unpaired) electrons. The lowest BCUT2D eigenvalue weighted by Gasteiger charge is -2.40. The van der Waals surface area contributed by atoms with Crippen LogP contribution in [-0.2, 0) is 43.5 Å². The van der Waals surface area contributed by atoms with Gasteiger partial charge in [-0.3, -0.25) is 0 Å². The third kappa shape index (κ3) is 8.28. The second-order valence-corrected chi connectivity index (χ2v) is 9.14. The van der Waals surface area contributed by atoms with E-state index < -0.39 is 6.29 Å². The molecule has 0 aromatic heterocycles. The summed E-state index contributed by atoms with van der Waals surface area (Å²) in [6.07, 6.45) is 0.845. The highest BCUT2D eigenvalue weighted by molar-refractivity contribution is 5.39. The monoisotopic (exact) mass is 490 g/mol. The summed E-state index contributed by atoms with van der Waals surface area (Å²) in [6, 6.07) is 30.4. The first kappa shape index (κ1) is 26.0. The molecule has 1 aliphatic rings. The zero-order valence-corrected chi connectivity index (χ0v) is 21.1. The lowest BCUT2D eigenvalue weighted by Crippen LogP contribution is -2.53. The summed E-state index contributed by atoms with van der Waals surface area (Å²) in [4.78, 5) is 0. The molecule has 0 unspecified atom stereocenters. The molecule has 1 aliphatic heterocycles. The van der Waals surface area contributed by atoms with E-state index in [-0.39, 0.29) is 18.3 Å². The average molecular weight is 491 g/mol. The molecule has 1 saturated heterocycles. The molecule has 0 aliphatic carbocycles. The Morgan fingerprint density at radius 2 is 1.28 bits per heavy atom. The van der Waals surface area contributed by atoms with E-state index in [0.29, 0.717) is 32.8 Å². The molecule has 0 N–H and O–H groups in total. The SMILES string of the molecule is C[N+](C)=CO[C@@H]1C[C@@H](OCc2ccccc2)[C@H](OCc2ccccc2)[C@@H](COCc2ccccc2)O1. The fourth-order valence-corrected chi connectivity index (χ4v) is 4.09. The first-order valence-electron chi connectivity index (χ1n) is 12.4. The predicted octanol–water partition coefficient (Wildman–Crippen LogP) is 4.81. The van der Waals surface area contributed by atoms with Crippen LogP contribution in [0.5, 0.6) is 0 Å². The highest BCUT2D eigenvalue weighted by Crippen LogP contribution is 2.28. The van der Waals surface area contributed by atoms with Gasteiger partial charge in [0, 0.05) is 6.42 Å². The average Bonchev–Trinajstić information content (AvgIpc) is 2.92. The molecule has 0 bridgehead atoms. The van der Waals surface area contributed by atoms with Crippen LogP contribution >= 0.6 is 0 Å². The van der Waals surface area contributed by atoms with Gasteiger partial charge in [0.1, 0.15) is 26.3 Å². The molecule has 0 spiro atoms. The molecule has 4 rings (SSSR count). The fraction of sp³-hybridized carbons (Fsp3) is 0.367. The zero-order valence-electron chi connectivity index (χ0n) is 21.1. The molecule has 3 aromatic carbocycles. The van der Waals surface area contributed by atoms with Crippen molar-refractivity contribution in [2.45, 2.75) is 50.8 Å². The van der Waals surface area contributed by atoms with Crippen molar-refractivity contribution < 1.29 is 28.3 Å². The summed E-state index contributed by atoms with van der Waals surface area (Å²) in [5.41, 5.74) is 3.32. The number of rotatable bonds is 12. The summed E-state index contributed by atoms with van der Waals surface area (Å²) in [6.45, 7) is 1.81. The largest absolute Gasteiger partial charge is 0.420 e. The summed E-state index contributed by atoms with van der Waals surface area (Å²) >= 11 is 0. The van der Waals surface area contributed by atoms with Gasteiger partial charge in [0.2, 0.25) is 6.29 Å². The van der Waals surface area contributed by atoms with Crippen LogP contribution < -0.4 is 0 Å². The van der Waals surface area contributed by atoms with Crippen LogP contribution in [0.3, 0.4) is 0 Å². The smallest absolute Gasteiger partial charge is 0.325 e. The van der Waals surface area contributed by atoms with Crippen LogP contribution in [0, 0.1) is 0 Å². The summed E-state index contributed by atoms with van der Waals surface area (Å²) in [5.74, 6) is 0. The topological polar surface area (TPSA) is 49.2 Å². The second kappa shape index (κ2) is 13.9. The molecule has 0 saturated carbocycles. The third-order valence-corrected chi connectivity index (χ3v) is 5.89. The number of benzene rings is 3. The molecule has 36 heavy (non-hydrogen) atoms.